The van der Waals surface area contributed by atoms with Crippen LogP contribution in [0.5, 0.6) is 0 Å². The standard InChI is InChI=1S/C12H17NO2S/c14-9-10-4-1-2-6-13(10)8-11(15)12-5-3-7-16-12/h3,5,7,10,14H,1-2,4,6,8-9H2/t10-/m0/s1. The SMILES string of the molecule is O=C(CN1CCCC[C@H]1CO)c1cccs1. The van der Waals surface area contributed by atoms with Crippen LogP contribution in [0.3, 0.4) is 0 Å². The number of nitrogens with zero attached hydrogens (tertiary/aromatic N) is 1. The maximum absolute atomic E-state index is 11.9. The average molecular weight is 239 g/mol. The van der Waals surface area contributed by atoms with Gasteiger partial charge in [0.15, 0.2) is 5.78 Å². The first-order valence-electron chi connectivity index (χ1n) is 5.73. The second-order valence-corrected chi connectivity index (χ2v) is 5.15. The zero-order valence-electron chi connectivity index (χ0n) is 9.26. The number of carbonyl (C=O) groups excluding carboxylic acids is 1. The van der Waals surface area contributed by atoms with Crippen LogP contribution < -0.4 is 0 Å². The molecule has 0 aliphatic carbocycles. The molecular weight excluding hydrogens is 222 g/mol. The first-order chi connectivity index (χ1) is 7.81. The molecule has 1 fully saturated rings. The minimum Gasteiger partial charge on any atom is -0.395 e. The van der Waals surface area contributed by atoms with Gasteiger partial charge in [0.1, 0.15) is 0 Å². The Morgan fingerprint density at radius 3 is 3.12 bits per heavy atom. The van der Waals surface area contributed by atoms with E-state index in [1.807, 2.05) is 17.5 Å². The van der Waals surface area contributed by atoms with Crippen molar-refractivity contribution < 1.29 is 9.90 Å². The molecule has 1 aliphatic heterocycles. The van der Waals surface area contributed by atoms with Crippen LogP contribution in [0.25, 0.3) is 0 Å². The largest absolute Gasteiger partial charge is 0.395 e. The summed E-state index contributed by atoms with van der Waals surface area (Å²) in [4.78, 5) is 14.9. The van der Waals surface area contributed by atoms with E-state index in [0.717, 1.165) is 30.7 Å². The molecule has 1 atom stereocenters. The maximum atomic E-state index is 11.9. The van der Waals surface area contributed by atoms with Crippen molar-refractivity contribution in [3.05, 3.63) is 22.4 Å². The van der Waals surface area contributed by atoms with Crippen LogP contribution in [0.1, 0.15) is 28.9 Å². The zero-order chi connectivity index (χ0) is 11.4. The molecule has 0 bridgehead atoms. The summed E-state index contributed by atoms with van der Waals surface area (Å²) in [6.07, 6.45) is 3.30. The number of Topliss-reactive ketones (excluding diaryl/α,β-unsaturated/α-hetero) is 1. The lowest BCUT2D eigenvalue weighted by molar-refractivity contribution is 0.0714. The van der Waals surface area contributed by atoms with Gasteiger partial charge in [0, 0.05) is 6.04 Å². The molecule has 0 radical (unpaired) electrons. The number of hydrogen-bond donors (Lipinski definition) is 1. The lowest BCUT2D eigenvalue weighted by Crippen LogP contribution is -2.44. The number of rotatable bonds is 4. The van der Waals surface area contributed by atoms with E-state index in [1.165, 1.54) is 11.3 Å². The summed E-state index contributed by atoms with van der Waals surface area (Å²) in [5, 5.41) is 11.2. The van der Waals surface area contributed by atoms with Crippen molar-refractivity contribution in [1.82, 2.24) is 4.90 Å². The van der Waals surface area contributed by atoms with Gasteiger partial charge in [-0.1, -0.05) is 12.5 Å². The Bertz CT molecular complexity index is 337. The van der Waals surface area contributed by atoms with E-state index < -0.39 is 0 Å². The van der Waals surface area contributed by atoms with Crippen molar-refractivity contribution in [2.45, 2.75) is 25.3 Å². The van der Waals surface area contributed by atoms with Crippen molar-refractivity contribution in [2.24, 2.45) is 0 Å². The summed E-state index contributed by atoms with van der Waals surface area (Å²) in [7, 11) is 0. The van der Waals surface area contributed by atoms with E-state index in [1.54, 1.807) is 0 Å². The molecule has 2 heterocycles. The van der Waals surface area contributed by atoms with Gasteiger partial charge in [-0.15, -0.1) is 11.3 Å². The van der Waals surface area contributed by atoms with E-state index >= 15 is 0 Å². The summed E-state index contributed by atoms with van der Waals surface area (Å²) >= 11 is 1.49. The predicted octanol–water partition coefficient (Wildman–Crippen LogP) is 1.78. The number of ketones is 1. The molecule has 3 nitrogen and oxygen atoms in total. The Morgan fingerprint density at radius 1 is 1.56 bits per heavy atom. The Balaban J connectivity index is 1.95. The van der Waals surface area contributed by atoms with Crippen LogP contribution in [-0.2, 0) is 0 Å². The molecule has 16 heavy (non-hydrogen) atoms. The predicted molar refractivity (Wildman–Crippen MR) is 64.9 cm³/mol. The quantitative estimate of drug-likeness (QED) is 0.814. The van der Waals surface area contributed by atoms with E-state index in [9.17, 15) is 9.90 Å². The minimum absolute atomic E-state index is 0.164. The van der Waals surface area contributed by atoms with Crippen LogP contribution in [0, 0.1) is 0 Å². The number of aliphatic hydroxyl groups is 1. The van der Waals surface area contributed by atoms with Crippen LogP contribution in [-0.4, -0.2) is 41.5 Å². The molecule has 0 saturated carbocycles. The summed E-state index contributed by atoms with van der Waals surface area (Å²) in [5.41, 5.74) is 0. The third-order valence-corrected chi connectivity index (χ3v) is 4.01. The highest BCUT2D eigenvalue weighted by molar-refractivity contribution is 7.12. The fourth-order valence-electron chi connectivity index (χ4n) is 2.17. The second-order valence-electron chi connectivity index (χ2n) is 4.20. The van der Waals surface area contributed by atoms with Gasteiger partial charge in [-0.05, 0) is 30.8 Å². The van der Waals surface area contributed by atoms with Gasteiger partial charge < -0.3 is 5.11 Å². The molecule has 0 unspecified atom stereocenters. The van der Waals surface area contributed by atoms with Crippen LogP contribution in [0.4, 0.5) is 0 Å². The summed E-state index contributed by atoms with van der Waals surface area (Å²) in [6.45, 7) is 1.55. The van der Waals surface area contributed by atoms with E-state index in [2.05, 4.69) is 4.90 Å². The highest BCUT2D eigenvalue weighted by Crippen LogP contribution is 2.18. The van der Waals surface area contributed by atoms with Gasteiger partial charge >= 0.3 is 0 Å². The Kier molecular flexibility index (Phi) is 4.09. The van der Waals surface area contributed by atoms with Gasteiger partial charge in [0.05, 0.1) is 18.0 Å². The topological polar surface area (TPSA) is 40.5 Å². The monoisotopic (exact) mass is 239 g/mol. The van der Waals surface area contributed by atoms with E-state index in [-0.39, 0.29) is 18.4 Å². The van der Waals surface area contributed by atoms with Crippen molar-refractivity contribution >= 4 is 17.1 Å². The second kappa shape index (κ2) is 5.57. The van der Waals surface area contributed by atoms with Crippen LogP contribution in [0.15, 0.2) is 17.5 Å². The smallest absolute Gasteiger partial charge is 0.186 e. The molecule has 0 spiro atoms. The van der Waals surface area contributed by atoms with E-state index in [4.69, 9.17) is 0 Å². The van der Waals surface area contributed by atoms with Crippen LogP contribution >= 0.6 is 11.3 Å². The summed E-state index contributed by atoms with van der Waals surface area (Å²) < 4.78 is 0. The number of aliphatic hydroxyl groups excluding tert-OH is 1. The number of likely N-dealkylation sites (tertiary alicyclic amines) is 1. The summed E-state index contributed by atoms with van der Waals surface area (Å²) in [5.74, 6) is 0.176. The molecule has 88 valence electrons. The lowest BCUT2D eigenvalue weighted by atomic mass is 10.0. The summed E-state index contributed by atoms with van der Waals surface area (Å²) in [6, 6.07) is 3.94. The molecule has 1 saturated heterocycles. The molecule has 4 heteroatoms. The fraction of sp³-hybridized carbons (Fsp3) is 0.583. The number of thiophene rings is 1. The Hall–Kier alpha value is -0.710. The lowest BCUT2D eigenvalue weighted by Gasteiger charge is -2.33. The Labute approximate surface area is 99.7 Å². The van der Waals surface area contributed by atoms with Gasteiger partial charge in [-0.25, -0.2) is 0 Å². The minimum atomic E-state index is 0.164. The third kappa shape index (κ3) is 2.70. The number of hydrogen-bond acceptors (Lipinski definition) is 4. The molecule has 1 aromatic heterocycles. The first kappa shape index (κ1) is 11.8. The molecular formula is C12H17NO2S. The molecule has 1 N–H and O–H groups in total. The number of carbonyl (C=O) groups is 1. The average Bonchev–Trinajstić information content (AvgIpc) is 2.83. The van der Waals surface area contributed by atoms with E-state index in [0.29, 0.717) is 6.54 Å². The molecule has 0 aromatic carbocycles. The maximum Gasteiger partial charge on any atom is 0.186 e. The molecule has 1 aromatic rings. The van der Waals surface area contributed by atoms with Gasteiger partial charge in [-0.2, -0.15) is 0 Å². The normalized spacial score (nSPS) is 22.2. The Morgan fingerprint density at radius 2 is 2.44 bits per heavy atom. The highest BCUT2D eigenvalue weighted by atomic mass is 32.1. The van der Waals surface area contributed by atoms with Gasteiger partial charge in [0.2, 0.25) is 0 Å². The van der Waals surface area contributed by atoms with Crippen molar-refractivity contribution in [2.75, 3.05) is 19.7 Å². The van der Waals surface area contributed by atoms with Crippen molar-refractivity contribution in [3.63, 3.8) is 0 Å². The van der Waals surface area contributed by atoms with Crippen molar-refractivity contribution in [3.8, 4) is 0 Å². The van der Waals surface area contributed by atoms with Crippen LogP contribution in [0.2, 0.25) is 0 Å². The zero-order valence-corrected chi connectivity index (χ0v) is 10.1. The van der Waals surface area contributed by atoms with Gasteiger partial charge in [0.25, 0.3) is 0 Å². The molecule has 0 amide bonds. The van der Waals surface area contributed by atoms with Crippen molar-refractivity contribution in [1.29, 1.82) is 0 Å². The third-order valence-electron chi connectivity index (χ3n) is 3.10. The first-order valence-corrected chi connectivity index (χ1v) is 6.61. The number of piperidine rings is 1. The molecule has 2 rings (SSSR count). The fourth-order valence-corrected chi connectivity index (χ4v) is 2.83. The highest BCUT2D eigenvalue weighted by Gasteiger charge is 2.23. The van der Waals surface area contributed by atoms with Gasteiger partial charge in [-0.3, -0.25) is 9.69 Å². The molecule has 1 aliphatic rings.